The van der Waals surface area contributed by atoms with Gasteiger partial charge >= 0.3 is 24.2 Å². The second-order valence-electron chi connectivity index (χ2n) is 17.4. The van der Waals surface area contributed by atoms with Crippen LogP contribution in [0.5, 0.6) is 0 Å². The largest absolute Gasteiger partial charge is 0.466 e. The summed E-state index contributed by atoms with van der Waals surface area (Å²) >= 11 is 0. The maximum absolute atomic E-state index is 14.0. The van der Waals surface area contributed by atoms with Crippen molar-refractivity contribution in [3.63, 3.8) is 0 Å². The number of imide groups is 1. The third-order valence-electron chi connectivity index (χ3n) is 9.13. The number of allylic oxidation sites excluding steroid dienone is 1. The number of aromatic nitrogens is 2. The molecule has 5 rings (SSSR count). The van der Waals surface area contributed by atoms with Crippen molar-refractivity contribution in [2.75, 3.05) is 26.7 Å². The van der Waals surface area contributed by atoms with Gasteiger partial charge in [-0.15, -0.1) is 10.2 Å². The third kappa shape index (κ3) is 10.3. The highest BCUT2D eigenvalue weighted by Gasteiger charge is 2.60. The van der Waals surface area contributed by atoms with Gasteiger partial charge in [-0.3, -0.25) is 4.79 Å². The van der Waals surface area contributed by atoms with Crippen molar-refractivity contribution in [3.05, 3.63) is 53.1 Å². The fraction of sp³-hybridized carbons (Fsp3) is 0.585. The molecule has 15 nitrogen and oxygen atoms in total. The molecule has 0 radical (unpaired) electrons. The molecule has 2 atom stereocenters. The Balaban J connectivity index is 1.55. The van der Waals surface area contributed by atoms with E-state index < -0.39 is 35.1 Å². The second-order valence-corrected chi connectivity index (χ2v) is 17.4. The van der Waals surface area contributed by atoms with Crippen molar-refractivity contribution in [2.24, 2.45) is 22.7 Å². The minimum absolute atomic E-state index is 0.0298. The van der Waals surface area contributed by atoms with E-state index >= 15 is 0 Å². The molecule has 1 saturated heterocycles. The molecule has 1 aromatic heterocycles. The average Bonchev–Trinajstić information content (AvgIpc) is 3.34. The zero-order valence-corrected chi connectivity index (χ0v) is 34.7. The number of benzene rings is 1. The lowest BCUT2D eigenvalue weighted by Gasteiger charge is -2.30. The Labute approximate surface area is 329 Å². The van der Waals surface area contributed by atoms with Crippen LogP contribution in [0.25, 0.3) is 17.2 Å². The summed E-state index contributed by atoms with van der Waals surface area (Å²) in [5.41, 5.74) is 0.0726. The molecule has 2 unspecified atom stereocenters. The number of carbonyl (C=O) groups is 4. The van der Waals surface area contributed by atoms with E-state index in [4.69, 9.17) is 28.4 Å². The van der Waals surface area contributed by atoms with Gasteiger partial charge in [0.2, 0.25) is 5.89 Å². The minimum atomic E-state index is -0.946. The molecule has 304 valence electrons. The smallest absolute Gasteiger partial charge is 0.424 e. The van der Waals surface area contributed by atoms with Crippen LogP contribution in [0.1, 0.15) is 100 Å². The van der Waals surface area contributed by atoms with Gasteiger partial charge < -0.3 is 33.2 Å². The number of piperidine rings is 1. The zero-order chi connectivity index (χ0) is 41.3. The van der Waals surface area contributed by atoms with Crippen molar-refractivity contribution < 1.29 is 42.5 Å². The van der Waals surface area contributed by atoms with Gasteiger partial charge in [0, 0.05) is 38.7 Å². The van der Waals surface area contributed by atoms with Crippen LogP contribution in [0.4, 0.5) is 14.4 Å². The van der Waals surface area contributed by atoms with Crippen LogP contribution in [0.15, 0.2) is 51.0 Å². The monoisotopic (exact) mass is 776 g/mol. The predicted molar refractivity (Wildman–Crippen MR) is 208 cm³/mol. The summed E-state index contributed by atoms with van der Waals surface area (Å²) < 4.78 is 28.6. The molecule has 1 aliphatic carbocycles. The zero-order valence-electron chi connectivity index (χ0n) is 34.7. The van der Waals surface area contributed by atoms with E-state index in [-0.39, 0.29) is 53.3 Å². The Bertz CT molecular complexity index is 1870. The van der Waals surface area contributed by atoms with Crippen LogP contribution in [-0.2, 0) is 30.3 Å². The van der Waals surface area contributed by atoms with Crippen molar-refractivity contribution in [2.45, 2.75) is 112 Å². The molecule has 0 bridgehead atoms. The number of hydrogen-bond acceptors (Lipinski definition) is 13. The maximum Gasteiger partial charge on any atom is 0.424 e. The highest BCUT2D eigenvalue weighted by Crippen LogP contribution is 2.52. The first-order chi connectivity index (χ1) is 26.1. The van der Waals surface area contributed by atoms with Crippen LogP contribution < -0.4 is 0 Å². The Morgan fingerprint density at radius 1 is 0.804 bits per heavy atom. The summed E-state index contributed by atoms with van der Waals surface area (Å²) in [4.78, 5) is 62.6. The lowest BCUT2D eigenvalue weighted by Crippen LogP contribution is -2.43. The molecule has 1 saturated carbocycles. The van der Waals surface area contributed by atoms with Crippen LogP contribution in [0.3, 0.4) is 0 Å². The number of nitrogens with zero attached hydrogens (tertiary/aromatic N) is 6. The lowest BCUT2D eigenvalue weighted by atomic mass is 10.1. The van der Waals surface area contributed by atoms with E-state index in [2.05, 4.69) is 15.1 Å². The average molecular weight is 777 g/mol. The third-order valence-corrected chi connectivity index (χ3v) is 9.13. The summed E-state index contributed by atoms with van der Waals surface area (Å²) in [6.07, 6.45) is 0.306. The van der Waals surface area contributed by atoms with Crippen LogP contribution in [0.2, 0.25) is 0 Å². The van der Waals surface area contributed by atoms with Gasteiger partial charge in [-0.2, -0.15) is 4.90 Å². The van der Waals surface area contributed by atoms with Gasteiger partial charge in [-0.05, 0) is 111 Å². The number of carbonyl (C=O) groups excluding carboxylic acids is 4. The predicted octanol–water partition coefficient (Wildman–Crippen LogP) is 7.82. The first-order valence-electron chi connectivity index (χ1n) is 19.1. The van der Waals surface area contributed by atoms with E-state index in [0.717, 1.165) is 16.0 Å². The number of hydrogen-bond donors (Lipinski definition) is 0. The van der Waals surface area contributed by atoms with Crippen molar-refractivity contribution in [3.8, 4) is 11.5 Å². The normalized spacial score (nSPS) is 19.6. The molecule has 1 aromatic carbocycles. The number of fused-ring (bicyclic) bond motifs is 1. The highest BCUT2D eigenvalue weighted by molar-refractivity contribution is 6.00. The van der Waals surface area contributed by atoms with E-state index in [1.807, 2.05) is 45.9 Å². The number of likely N-dealkylation sites (tertiary alicyclic amines) is 1. The molecule has 0 N–H and O–H groups in total. The van der Waals surface area contributed by atoms with Gasteiger partial charge in [0.25, 0.3) is 5.89 Å². The van der Waals surface area contributed by atoms with E-state index in [0.29, 0.717) is 44.1 Å². The molecule has 0 spiro atoms. The van der Waals surface area contributed by atoms with E-state index in [1.165, 1.54) is 4.90 Å². The molecular weight excluding hydrogens is 720 g/mol. The quantitative estimate of drug-likeness (QED) is 0.189. The summed E-state index contributed by atoms with van der Waals surface area (Å²) in [6.45, 7) is 21.3. The molecule has 3 heterocycles. The molecule has 3 amide bonds. The van der Waals surface area contributed by atoms with Crippen LogP contribution in [0, 0.1) is 17.8 Å². The molecule has 56 heavy (non-hydrogen) atoms. The molecular formula is C41H56N6O9. The Hall–Kier alpha value is -5.21. The number of aliphatic imine (C=N–C) groups is 1. The summed E-state index contributed by atoms with van der Waals surface area (Å²) in [5.74, 6) is 0.662. The van der Waals surface area contributed by atoms with Crippen LogP contribution in [-0.4, -0.2) is 98.5 Å². The second kappa shape index (κ2) is 16.1. The van der Waals surface area contributed by atoms with Crippen molar-refractivity contribution in [1.29, 1.82) is 0 Å². The fourth-order valence-corrected chi connectivity index (χ4v) is 6.57. The standard InChI is InChI=1S/C41H56N6O9/c1-13-24-19-29(47(37(50)55-40(6,7)8)38(51)56-41(9,10)11)32(42-30(20-24)46-22-27-28(23-46)31(27)35(48)52-14-2)34-44-43-33(53-34)26-17-15-25(16-18-26)21-45(12)36(49)54-39(3,4)5/h15-18,20,27-28,31H,13-14,19,21-23H2,1-12H3. The minimum Gasteiger partial charge on any atom is -0.466 e. The topological polar surface area (TPSA) is 166 Å². The Morgan fingerprint density at radius 3 is 1.86 bits per heavy atom. The maximum atomic E-state index is 14.0. The molecule has 15 heteroatoms. The van der Waals surface area contributed by atoms with Gasteiger partial charge in [-0.1, -0.05) is 24.6 Å². The van der Waals surface area contributed by atoms with Gasteiger partial charge in [0.05, 0.1) is 18.2 Å². The molecule has 2 aromatic rings. The molecule has 3 aliphatic rings. The Kier molecular flexibility index (Phi) is 12.1. The number of amides is 3. The molecule has 2 aliphatic heterocycles. The lowest BCUT2D eigenvalue weighted by molar-refractivity contribution is -0.145. The number of rotatable bonds is 8. The number of amidine groups is 1. The first kappa shape index (κ1) is 41.9. The highest BCUT2D eigenvalue weighted by atomic mass is 16.6. The van der Waals surface area contributed by atoms with Gasteiger partial charge in [0.1, 0.15) is 22.6 Å². The van der Waals surface area contributed by atoms with Gasteiger partial charge in [-0.25, -0.2) is 19.4 Å². The van der Waals surface area contributed by atoms with Crippen LogP contribution >= 0.6 is 0 Å². The Morgan fingerprint density at radius 2 is 1.34 bits per heavy atom. The first-order valence-corrected chi connectivity index (χ1v) is 19.1. The fourth-order valence-electron chi connectivity index (χ4n) is 6.57. The number of ether oxygens (including phenoxy) is 4. The summed E-state index contributed by atoms with van der Waals surface area (Å²) in [5, 5.41) is 8.74. The van der Waals surface area contributed by atoms with E-state index in [9.17, 15) is 19.2 Å². The van der Waals surface area contributed by atoms with Crippen molar-refractivity contribution >= 4 is 35.8 Å². The summed E-state index contributed by atoms with van der Waals surface area (Å²) in [7, 11) is 1.67. The van der Waals surface area contributed by atoms with Gasteiger partial charge in [0.15, 0.2) is 5.70 Å². The summed E-state index contributed by atoms with van der Waals surface area (Å²) in [6, 6.07) is 7.29. The molecule has 2 fully saturated rings. The van der Waals surface area contributed by atoms with Crippen molar-refractivity contribution in [1.82, 2.24) is 24.9 Å². The van der Waals surface area contributed by atoms with E-state index in [1.54, 1.807) is 67.6 Å². The number of esters is 1. The SMILES string of the molecule is CCOC(=O)C1C2CN(C3=NC(c4nnc(-c5ccc(CN(C)C(=O)OC(C)(C)C)cc5)o4)=C(N(C(=O)OC(C)(C)C)C(=O)OC(C)(C)C)CC(CC)=C3)CC21.